The highest BCUT2D eigenvalue weighted by atomic mass is 16.5. The van der Waals surface area contributed by atoms with Crippen molar-refractivity contribution in [3.63, 3.8) is 0 Å². The van der Waals surface area contributed by atoms with E-state index in [2.05, 4.69) is 60.1 Å². The first kappa shape index (κ1) is 95.7. The van der Waals surface area contributed by atoms with E-state index in [9.17, 15) is 121 Å². The number of esters is 1. The first-order valence-corrected chi connectivity index (χ1v) is 37.2. The van der Waals surface area contributed by atoms with Gasteiger partial charge < -0.3 is 121 Å². The second-order valence-corrected chi connectivity index (χ2v) is 27.7. The number of fused-ring (bicyclic) bond motifs is 1. The van der Waals surface area contributed by atoms with Crippen LogP contribution >= 0.6 is 0 Å². The lowest BCUT2D eigenvalue weighted by atomic mass is 9.96. The Kier molecular flexibility index (Phi) is 39.4. The van der Waals surface area contributed by atoms with Crippen molar-refractivity contribution in [1.82, 2.24) is 73.7 Å². The van der Waals surface area contributed by atoms with Crippen LogP contribution in [0.3, 0.4) is 0 Å². The molecular formula is C73H103N17O26. The number of carbonyl (C=O) groups excluding carboxylic acids is 16. The number of benzene rings is 2. The van der Waals surface area contributed by atoms with E-state index in [1.165, 1.54) is 24.3 Å². The number of carboxylic acids is 4. The number of anilines is 1. The van der Waals surface area contributed by atoms with E-state index in [4.69, 9.17) is 21.9 Å². The van der Waals surface area contributed by atoms with Crippen molar-refractivity contribution in [1.29, 1.82) is 0 Å². The van der Waals surface area contributed by atoms with Gasteiger partial charge in [0.05, 0.1) is 51.8 Å². The zero-order valence-corrected chi connectivity index (χ0v) is 64.5. The molecule has 4 rings (SSSR count). The topological polar surface area (TPSA) is 691 Å². The van der Waals surface area contributed by atoms with Gasteiger partial charge >= 0.3 is 29.8 Å². The summed E-state index contributed by atoms with van der Waals surface area (Å²) in [6, 6.07) is -10.4. The summed E-state index contributed by atoms with van der Waals surface area (Å²) < 4.78 is 7.45. The molecule has 0 radical (unpaired) electrons. The predicted molar refractivity (Wildman–Crippen MR) is 405 cm³/mol. The maximum Gasteiger partial charge on any atom is 0.329 e. The number of ether oxygens (including phenoxy) is 1. The standard InChI is InChI=1S/C73H103N17O26/c1-6-7-8-9-10-11-12-23-54(94)81-44(26-39-34-90(5)51-22-16-14-18-40(39)51)67(109)84-45(28-53(76)93)68(110)86-48(31-60(103)104)69(111)89-62-38(4)116-73(115)49(27-52(92)41-19-13-15-20-42(41)75)87-72(114)61(36(2)25-57(97)98)88-70(112)50(35-91)82-56(96)32-77-64(106)46(29-58(99)100)83-63(105)37(3)79-66(108)47(30-59(101)102)85-65(107)43(21-17-24-74)80-55(95)33-78-71(62)113/h13-16,18-20,22,34,36-38,43-50,61-62,91H,6-12,17,21,23-33,35,74-75H2,1-5H3,(H2,76,93)(H,77,106)(H,78,113)(H,79,108)(H,80,95)(H,81,94)(H,82,96)(H,83,105)(H,84,109)(H,85,107)(H,86,110)(H,87,114)(H,88,112)(H,89,111)(H,97,98)(H,99,100)(H,101,102)(H,103,104)/t36?,37-,38-,43+,44+,45-,46+,47+,48+,49+,50-,61?,62+/m1/s1. The number of unbranched alkanes of at least 4 members (excludes halogenated alkanes) is 6. The molecule has 3 aromatic rings. The molecule has 2 heterocycles. The van der Waals surface area contributed by atoms with Crippen LogP contribution in [-0.4, -0.2) is 247 Å². The molecule has 43 heteroatoms. The van der Waals surface area contributed by atoms with E-state index in [0.29, 0.717) is 23.8 Å². The number of Topliss-reactive ketones (excluding diaryl/α,β-unsaturated/α-hetero) is 1. The molecule has 1 aromatic heterocycles. The fourth-order valence-electron chi connectivity index (χ4n) is 12.0. The van der Waals surface area contributed by atoms with Crippen molar-refractivity contribution in [2.45, 2.75) is 209 Å². The predicted octanol–water partition coefficient (Wildman–Crippen LogP) is -5.61. The van der Waals surface area contributed by atoms with Crippen LogP contribution in [0.15, 0.2) is 54.7 Å². The summed E-state index contributed by atoms with van der Waals surface area (Å²) in [5.74, 6) is -29.7. The van der Waals surface area contributed by atoms with E-state index in [-0.39, 0.29) is 37.1 Å². The molecule has 14 amide bonds. The Morgan fingerprint density at radius 1 is 0.560 bits per heavy atom. The maximum absolute atomic E-state index is 14.9. The van der Waals surface area contributed by atoms with Gasteiger partial charge in [-0.15, -0.1) is 0 Å². The number of aliphatic hydroxyl groups excluding tert-OH is 1. The smallest absolute Gasteiger partial charge is 0.329 e. The number of rotatable bonds is 35. The van der Waals surface area contributed by atoms with Gasteiger partial charge in [0.1, 0.15) is 72.6 Å². The number of amides is 14. The quantitative estimate of drug-likeness (QED) is 0.0113. The Bertz CT molecular complexity index is 4100. The number of nitrogen functional groups attached to an aromatic ring is 1. The molecule has 0 saturated carbocycles. The summed E-state index contributed by atoms with van der Waals surface area (Å²) in [7, 11) is 1.74. The number of primary amides is 1. The number of aromatic nitrogens is 1. The largest absolute Gasteiger partial charge is 0.481 e. The fourth-order valence-corrected chi connectivity index (χ4v) is 12.0. The molecule has 0 bridgehead atoms. The van der Waals surface area contributed by atoms with Crippen molar-refractivity contribution in [2.75, 3.05) is 32.0 Å². The number of hydrogen-bond acceptors (Lipinski definition) is 24. The van der Waals surface area contributed by atoms with E-state index in [1.807, 2.05) is 16.0 Å². The third-order valence-electron chi connectivity index (χ3n) is 18.2. The number of carbonyl (C=O) groups is 20. The van der Waals surface area contributed by atoms with Crippen LogP contribution in [0.25, 0.3) is 10.9 Å². The highest BCUT2D eigenvalue weighted by Gasteiger charge is 2.41. The SMILES string of the molecule is CCCCCCCCCC(=O)N[C@@H](Cc1cn(C)c2ccccc12)C(=O)N[C@H](CC(N)=O)C(=O)N[C@@H](CC(=O)O)C(=O)N[C@@H]1C(=O)NCC(=O)N[C@@H](CCCN)C(=O)N[C@@H](CC(=O)O)C(=O)N[C@H](C)C(=O)N[C@@H](CC(=O)O)C(=O)NCC(=O)N[C@H](CO)C(=O)NC(C(C)CC(=O)O)C(=O)N[C@@H](CC(=O)c2ccccc2N)C(=O)O[C@@H]1C. The van der Waals surface area contributed by atoms with Gasteiger partial charge in [-0.2, -0.15) is 0 Å². The number of ketones is 1. The van der Waals surface area contributed by atoms with Crippen LogP contribution < -0.4 is 86.3 Å². The number of cyclic esters (lactones) is 1. The molecule has 2 unspecified atom stereocenters. The van der Waals surface area contributed by atoms with E-state index >= 15 is 0 Å². The summed E-state index contributed by atoms with van der Waals surface area (Å²) in [6.45, 7) is 1.12. The van der Waals surface area contributed by atoms with E-state index in [0.717, 1.165) is 58.4 Å². The van der Waals surface area contributed by atoms with Gasteiger partial charge in [-0.05, 0) is 69.3 Å². The maximum atomic E-state index is 14.9. The molecular weight excluding hydrogens is 1530 g/mol. The Hall–Kier alpha value is -12.7. The lowest BCUT2D eigenvalue weighted by Crippen LogP contribution is -2.62. The molecule has 43 nitrogen and oxygen atoms in total. The van der Waals surface area contributed by atoms with Crippen LogP contribution in [0.2, 0.25) is 0 Å². The lowest BCUT2D eigenvalue weighted by molar-refractivity contribution is -0.156. The molecule has 24 N–H and O–H groups in total. The molecule has 1 saturated heterocycles. The summed E-state index contributed by atoms with van der Waals surface area (Å²) >= 11 is 0. The first-order valence-electron chi connectivity index (χ1n) is 37.2. The Balaban J connectivity index is 1.88. The third kappa shape index (κ3) is 32.1. The molecule has 0 aliphatic carbocycles. The van der Waals surface area contributed by atoms with Crippen molar-refractivity contribution >= 4 is 135 Å². The van der Waals surface area contributed by atoms with E-state index in [1.54, 1.807) is 42.1 Å². The van der Waals surface area contributed by atoms with Gasteiger partial charge in [-0.1, -0.05) is 82.7 Å². The average Bonchev–Trinajstić information content (AvgIpc) is 1.67. The van der Waals surface area contributed by atoms with Gasteiger partial charge in [0.15, 0.2) is 5.78 Å². The normalized spacial score (nSPS) is 21.1. The van der Waals surface area contributed by atoms with Gasteiger partial charge in [0.25, 0.3) is 0 Å². The Morgan fingerprint density at radius 3 is 1.69 bits per heavy atom. The van der Waals surface area contributed by atoms with E-state index < -0.39 is 261 Å². The number of aliphatic hydroxyl groups is 1. The van der Waals surface area contributed by atoms with Crippen LogP contribution in [-0.2, 0) is 109 Å². The van der Waals surface area contributed by atoms with Crippen LogP contribution in [0.5, 0.6) is 0 Å². The molecule has 1 fully saturated rings. The number of para-hydroxylation sites is 2. The fraction of sp³-hybridized carbons (Fsp3) is 0.534. The van der Waals surface area contributed by atoms with Crippen molar-refractivity contribution in [3.05, 3.63) is 65.9 Å². The molecule has 116 heavy (non-hydrogen) atoms. The minimum absolute atomic E-state index is 0.0170. The van der Waals surface area contributed by atoms with Gasteiger partial charge in [-0.25, -0.2) is 4.79 Å². The molecule has 1 aliphatic rings. The zero-order chi connectivity index (χ0) is 86.6. The van der Waals surface area contributed by atoms with Gasteiger partial charge in [-0.3, -0.25) is 91.1 Å². The first-order chi connectivity index (χ1) is 54.8. The van der Waals surface area contributed by atoms with Crippen molar-refractivity contribution in [3.8, 4) is 0 Å². The molecule has 1 aliphatic heterocycles. The highest BCUT2D eigenvalue weighted by molar-refractivity contribution is 6.05. The van der Waals surface area contributed by atoms with Gasteiger partial charge in [0, 0.05) is 54.7 Å². The van der Waals surface area contributed by atoms with Crippen LogP contribution in [0, 0.1) is 5.92 Å². The Morgan fingerprint density at radius 2 is 1.09 bits per heavy atom. The highest BCUT2D eigenvalue weighted by Crippen LogP contribution is 2.23. The number of nitrogens with two attached hydrogens (primary N) is 3. The minimum atomic E-state index is -2.45. The zero-order valence-electron chi connectivity index (χ0n) is 64.5. The minimum Gasteiger partial charge on any atom is -0.481 e. The summed E-state index contributed by atoms with van der Waals surface area (Å²) in [5, 5.41) is 78.8. The number of aryl methyl sites for hydroxylation is 1. The number of nitrogens with zero attached hydrogens (tertiary/aromatic N) is 1. The van der Waals surface area contributed by atoms with Crippen LogP contribution in [0.1, 0.15) is 146 Å². The number of aliphatic carboxylic acids is 4. The van der Waals surface area contributed by atoms with Crippen molar-refractivity contribution < 1.29 is 126 Å². The monoisotopic (exact) mass is 1630 g/mol. The summed E-state index contributed by atoms with van der Waals surface area (Å²) in [5.41, 5.74) is 18.2. The molecule has 13 atom stereocenters. The molecule has 636 valence electrons. The molecule has 0 spiro atoms. The summed E-state index contributed by atoms with van der Waals surface area (Å²) in [6.07, 6.45) is -2.19. The summed E-state index contributed by atoms with van der Waals surface area (Å²) in [4.78, 5) is 273. The second-order valence-electron chi connectivity index (χ2n) is 27.7. The lowest BCUT2D eigenvalue weighted by Gasteiger charge is -2.30. The number of hydrogen-bond donors (Lipinski definition) is 21. The molecule has 2 aromatic carbocycles. The van der Waals surface area contributed by atoms with Crippen molar-refractivity contribution in [2.24, 2.45) is 24.4 Å². The number of nitrogens with one attached hydrogen (secondary N) is 13. The average molecular weight is 1630 g/mol. The Labute approximate surface area is 664 Å². The number of carboxylic acid groups (broad SMARTS) is 4. The third-order valence-corrected chi connectivity index (χ3v) is 18.2. The second kappa shape index (κ2) is 47.7. The van der Waals surface area contributed by atoms with Gasteiger partial charge in [0.2, 0.25) is 82.7 Å². The van der Waals surface area contributed by atoms with Crippen LogP contribution in [0.4, 0.5) is 5.69 Å².